The van der Waals surface area contributed by atoms with Crippen molar-refractivity contribution < 1.29 is 9.59 Å². The van der Waals surface area contributed by atoms with Crippen molar-refractivity contribution in [3.05, 3.63) is 49.6 Å². The number of nitrogens with zero attached hydrogens (tertiary/aromatic N) is 3. The Bertz CT molecular complexity index is 1090. The fourth-order valence-electron chi connectivity index (χ4n) is 3.60. The maximum Gasteiger partial charge on any atom is 0.330 e. The Morgan fingerprint density at radius 1 is 1.30 bits per heavy atom. The van der Waals surface area contributed by atoms with Crippen molar-refractivity contribution in [2.45, 2.75) is 32.7 Å². The van der Waals surface area contributed by atoms with Gasteiger partial charge in [-0.25, -0.2) is 4.79 Å². The van der Waals surface area contributed by atoms with E-state index >= 15 is 0 Å². The van der Waals surface area contributed by atoms with Gasteiger partial charge in [0.25, 0.3) is 5.56 Å². The molecule has 0 radical (unpaired) electrons. The highest BCUT2D eigenvalue weighted by molar-refractivity contribution is 9.10. The Hall–Kier alpha value is -2.88. The molecule has 1 fully saturated rings. The first-order valence-electron chi connectivity index (χ1n) is 9.71. The molecule has 3 N–H and O–H groups in total. The molecule has 3 rings (SSSR count). The molecule has 0 aliphatic carbocycles. The van der Waals surface area contributed by atoms with Crippen molar-refractivity contribution in [2.24, 2.45) is 5.92 Å². The number of para-hydroxylation sites is 1. The summed E-state index contributed by atoms with van der Waals surface area (Å²) >= 11 is 3.43. The first-order valence-corrected chi connectivity index (χ1v) is 10.5. The summed E-state index contributed by atoms with van der Waals surface area (Å²) in [4.78, 5) is 55.1. The van der Waals surface area contributed by atoms with E-state index in [4.69, 9.17) is 5.73 Å². The minimum absolute atomic E-state index is 0.0256. The van der Waals surface area contributed by atoms with Gasteiger partial charge in [0.2, 0.25) is 11.8 Å². The number of nitrogen functional groups attached to an aromatic ring is 1. The maximum absolute atomic E-state index is 13.1. The van der Waals surface area contributed by atoms with Crippen LogP contribution in [0.3, 0.4) is 0 Å². The highest BCUT2D eigenvalue weighted by Crippen LogP contribution is 2.32. The minimum Gasteiger partial charge on any atom is -0.383 e. The number of benzene rings is 1. The number of hydrogen-bond donors (Lipinski definition) is 2. The van der Waals surface area contributed by atoms with Gasteiger partial charge in [-0.3, -0.25) is 23.9 Å². The van der Waals surface area contributed by atoms with E-state index in [1.807, 2.05) is 25.1 Å². The Labute approximate surface area is 181 Å². The van der Waals surface area contributed by atoms with Crippen LogP contribution in [-0.2, 0) is 16.1 Å². The van der Waals surface area contributed by atoms with Crippen molar-refractivity contribution in [3.63, 3.8) is 0 Å². The van der Waals surface area contributed by atoms with Gasteiger partial charge >= 0.3 is 5.69 Å². The van der Waals surface area contributed by atoms with Crippen LogP contribution in [0.25, 0.3) is 0 Å². The number of carbonyl (C=O) groups excluding carboxylic acids is 2. The highest BCUT2D eigenvalue weighted by Gasteiger charge is 2.38. The number of rotatable bonds is 6. The van der Waals surface area contributed by atoms with E-state index in [9.17, 15) is 19.2 Å². The molecule has 1 aliphatic heterocycles. The van der Waals surface area contributed by atoms with Crippen molar-refractivity contribution in [3.8, 4) is 0 Å². The molecule has 0 bridgehead atoms. The lowest BCUT2D eigenvalue weighted by molar-refractivity contribution is -0.124. The van der Waals surface area contributed by atoms with Crippen molar-refractivity contribution in [1.29, 1.82) is 0 Å². The monoisotopic (exact) mass is 477 g/mol. The number of aromatic nitrogens is 2. The number of nitrogens with one attached hydrogen (secondary N) is 1. The molecule has 30 heavy (non-hydrogen) atoms. The molecule has 2 aromatic rings. The summed E-state index contributed by atoms with van der Waals surface area (Å²) < 4.78 is 2.01. The topological polar surface area (TPSA) is 121 Å². The second-order valence-electron chi connectivity index (χ2n) is 7.25. The summed E-state index contributed by atoms with van der Waals surface area (Å²) in [5, 5.41) is 0. The number of halogens is 1. The predicted octanol–water partition coefficient (Wildman–Crippen LogP) is 1.70. The fraction of sp³-hybridized carbons (Fsp3) is 0.400. The first kappa shape index (κ1) is 21.8. The quantitative estimate of drug-likeness (QED) is 0.655. The van der Waals surface area contributed by atoms with Crippen LogP contribution in [0.15, 0.2) is 38.3 Å². The average Bonchev–Trinajstić information content (AvgIpc) is 3.08. The molecule has 2 heterocycles. The van der Waals surface area contributed by atoms with Gasteiger partial charge < -0.3 is 15.5 Å². The van der Waals surface area contributed by atoms with Crippen molar-refractivity contribution in [1.82, 2.24) is 9.55 Å². The van der Waals surface area contributed by atoms with Crippen LogP contribution in [-0.4, -0.2) is 35.0 Å². The number of nitrogens with two attached hydrogens (primary N) is 1. The Morgan fingerprint density at radius 2 is 2.00 bits per heavy atom. The van der Waals surface area contributed by atoms with Gasteiger partial charge in [0.15, 0.2) is 5.69 Å². The largest absolute Gasteiger partial charge is 0.383 e. The lowest BCUT2D eigenvalue weighted by Gasteiger charge is -2.23. The summed E-state index contributed by atoms with van der Waals surface area (Å²) in [7, 11) is 1.43. The van der Waals surface area contributed by atoms with Crippen molar-refractivity contribution in [2.75, 3.05) is 29.1 Å². The molecule has 160 valence electrons. The molecule has 2 amide bonds. The lowest BCUT2D eigenvalue weighted by Crippen LogP contribution is -2.42. The zero-order valence-electron chi connectivity index (χ0n) is 16.9. The normalized spacial score (nSPS) is 16.2. The highest BCUT2D eigenvalue weighted by atomic mass is 79.9. The zero-order valence-corrected chi connectivity index (χ0v) is 18.4. The SMILES string of the molecule is CCCCn1c(N)c(N(C)C(=O)C2CC(=O)N(c3ccccc3Br)C2)c(=O)[nH]c1=O. The zero-order chi connectivity index (χ0) is 22.0. The third-order valence-electron chi connectivity index (χ3n) is 5.23. The van der Waals surface area contributed by atoms with Crippen LogP contribution >= 0.6 is 15.9 Å². The number of unbranched alkanes of at least 4 members (excludes halogenated alkanes) is 1. The number of anilines is 3. The molecular weight excluding hydrogens is 454 g/mol. The number of amides is 2. The van der Waals surface area contributed by atoms with Gasteiger partial charge in [0.1, 0.15) is 5.82 Å². The minimum atomic E-state index is -0.729. The Kier molecular flexibility index (Phi) is 6.45. The van der Waals surface area contributed by atoms with Crippen molar-refractivity contribution >= 4 is 44.9 Å². The molecule has 1 unspecified atom stereocenters. The maximum atomic E-state index is 13.1. The molecule has 1 aliphatic rings. The van der Waals surface area contributed by atoms with Crippen LogP contribution in [0.1, 0.15) is 26.2 Å². The van der Waals surface area contributed by atoms with Crippen LogP contribution < -0.4 is 26.8 Å². The van der Waals surface area contributed by atoms with Crippen LogP contribution in [0.5, 0.6) is 0 Å². The number of hydrogen-bond acceptors (Lipinski definition) is 5. The molecule has 1 aromatic heterocycles. The molecule has 9 nitrogen and oxygen atoms in total. The molecule has 1 saturated heterocycles. The second kappa shape index (κ2) is 8.86. The molecule has 1 atom stereocenters. The second-order valence-corrected chi connectivity index (χ2v) is 8.11. The van der Waals surface area contributed by atoms with E-state index in [2.05, 4.69) is 20.9 Å². The standard InChI is InChI=1S/C20H24BrN5O4/c1-3-4-9-25-17(22)16(18(28)23-20(25)30)24(2)19(29)12-10-15(27)26(11-12)14-8-6-5-7-13(14)21/h5-8,12H,3-4,9-11,22H2,1-2H3,(H,23,28,30). The average molecular weight is 478 g/mol. The molecule has 0 saturated carbocycles. The Balaban J connectivity index is 1.88. The summed E-state index contributed by atoms with van der Waals surface area (Å²) in [5.41, 5.74) is 5.37. The first-order chi connectivity index (χ1) is 14.3. The number of H-pyrrole nitrogens is 1. The summed E-state index contributed by atoms with van der Waals surface area (Å²) in [6.45, 7) is 2.50. The molecule has 10 heteroatoms. The van der Waals surface area contributed by atoms with Gasteiger partial charge in [0.05, 0.1) is 11.6 Å². The van der Waals surface area contributed by atoms with E-state index in [-0.39, 0.29) is 30.4 Å². The van der Waals surface area contributed by atoms with E-state index in [0.717, 1.165) is 15.8 Å². The lowest BCUT2D eigenvalue weighted by atomic mass is 10.1. The van der Waals surface area contributed by atoms with E-state index in [1.165, 1.54) is 11.6 Å². The van der Waals surface area contributed by atoms with E-state index < -0.39 is 23.1 Å². The van der Waals surface area contributed by atoms with Crippen LogP contribution in [0, 0.1) is 5.92 Å². The molecule has 1 aromatic carbocycles. The van der Waals surface area contributed by atoms with Crippen LogP contribution in [0.2, 0.25) is 0 Å². The van der Waals surface area contributed by atoms with Gasteiger partial charge in [0, 0.05) is 31.0 Å². The van der Waals surface area contributed by atoms with Gasteiger partial charge in [-0.05, 0) is 34.5 Å². The third kappa shape index (κ3) is 4.04. The summed E-state index contributed by atoms with van der Waals surface area (Å²) in [5.74, 6) is -1.27. The number of aromatic amines is 1. The van der Waals surface area contributed by atoms with Gasteiger partial charge in [-0.1, -0.05) is 25.5 Å². The summed E-state index contributed by atoms with van der Waals surface area (Å²) in [6.07, 6.45) is 1.56. The molecule has 0 spiro atoms. The van der Waals surface area contributed by atoms with Gasteiger partial charge in [-0.2, -0.15) is 0 Å². The molecular formula is C20H24BrN5O4. The fourth-order valence-corrected chi connectivity index (χ4v) is 4.10. The van der Waals surface area contributed by atoms with Gasteiger partial charge in [-0.15, -0.1) is 0 Å². The summed E-state index contributed by atoms with van der Waals surface area (Å²) in [6, 6.07) is 7.27. The number of carbonyl (C=O) groups is 2. The van der Waals surface area contributed by atoms with E-state index in [0.29, 0.717) is 18.7 Å². The Morgan fingerprint density at radius 3 is 2.67 bits per heavy atom. The smallest absolute Gasteiger partial charge is 0.330 e. The van der Waals surface area contributed by atoms with E-state index in [1.54, 1.807) is 11.0 Å². The predicted molar refractivity (Wildman–Crippen MR) is 119 cm³/mol. The van der Waals surface area contributed by atoms with Crippen LogP contribution in [0.4, 0.5) is 17.2 Å². The third-order valence-corrected chi connectivity index (χ3v) is 5.90.